The summed E-state index contributed by atoms with van der Waals surface area (Å²) in [5.41, 5.74) is 0.987. The lowest BCUT2D eigenvalue weighted by atomic mass is 10.1. The molecule has 1 N–H and O–H groups in total. The molecular weight excluding hydrogens is 392 g/mol. The molecule has 1 aliphatic heterocycles. The number of halogens is 2. The Labute approximate surface area is 161 Å². The molecule has 0 radical (unpaired) electrons. The van der Waals surface area contributed by atoms with Crippen molar-refractivity contribution in [2.24, 2.45) is 0 Å². The second-order valence-corrected chi connectivity index (χ2v) is 7.00. The molecule has 0 bridgehead atoms. The Morgan fingerprint density at radius 3 is 2.25 bits per heavy atom. The van der Waals surface area contributed by atoms with E-state index in [2.05, 4.69) is 4.72 Å². The van der Waals surface area contributed by atoms with Gasteiger partial charge in [0.2, 0.25) is 16.8 Å². The Morgan fingerprint density at radius 2 is 1.68 bits per heavy atom. The number of anilines is 1. The Kier molecular flexibility index (Phi) is 5.88. The van der Waals surface area contributed by atoms with Crippen molar-refractivity contribution in [1.29, 1.82) is 0 Å². The smallest absolute Gasteiger partial charge is 0.254 e. The molecule has 2 aromatic carbocycles. The highest BCUT2D eigenvalue weighted by atomic mass is 32.2. The summed E-state index contributed by atoms with van der Waals surface area (Å²) in [6, 6.07) is 8.94. The number of rotatable bonds is 5. The third-order valence-electron chi connectivity index (χ3n) is 4.25. The van der Waals surface area contributed by atoms with Crippen LogP contribution >= 0.6 is 0 Å². The lowest BCUT2D eigenvalue weighted by Crippen LogP contribution is -2.51. The lowest BCUT2D eigenvalue weighted by molar-refractivity contribution is -0.135. The van der Waals surface area contributed by atoms with Gasteiger partial charge in [-0.05, 0) is 42.0 Å². The van der Waals surface area contributed by atoms with Gasteiger partial charge < -0.3 is 9.80 Å². The lowest BCUT2D eigenvalue weighted by Gasteiger charge is -2.34. The molecule has 0 saturated carbocycles. The minimum absolute atomic E-state index is 0.0588. The van der Waals surface area contributed by atoms with Crippen molar-refractivity contribution >= 4 is 28.4 Å². The van der Waals surface area contributed by atoms with E-state index in [4.69, 9.17) is 0 Å². The topological polar surface area (TPSA) is 86.8 Å². The fraction of sp³-hybridized carbons (Fsp3) is 0.222. The molecule has 1 aliphatic rings. The van der Waals surface area contributed by atoms with E-state index in [1.807, 2.05) is 0 Å². The number of hydrogen-bond acceptors (Lipinski definition) is 4. The van der Waals surface area contributed by atoms with Crippen LogP contribution in [0.3, 0.4) is 0 Å². The minimum atomic E-state index is -2.79. The molecule has 2 aromatic rings. The maximum Gasteiger partial charge on any atom is 0.254 e. The van der Waals surface area contributed by atoms with Gasteiger partial charge in [-0.3, -0.25) is 14.3 Å². The fourth-order valence-electron chi connectivity index (χ4n) is 2.95. The fourth-order valence-corrected chi connectivity index (χ4v) is 3.31. The first kappa shape index (κ1) is 19.7. The predicted molar refractivity (Wildman–Crippen MR) is 98.1 cm³/mol. The van der Waals surface area contributed by atoms with E-state index >= 15 is 0 Å². The van der Waals surface area contributed by atoms with Gasteiger partial charge in [0.1, 0.15) is 18.2 Å². The summed E-state index contributed by atoms with van der Waals surface area (Å²) in [6.45, 7) is 0.417. The second kappa shape index (κ2) is 8.34. The van der Waals surface area contributed by atoms with Gasteiger partial charge in [-0.1, -0.05) is 0 Å². The van der Waals surface area contributed by atoms with Gasteiger partial charge in [0.05, 0.1) is 0 Å². The number of nitrogens with zero attached hydrogens (tertiary/aromatic N) is 2. The molecule has 0 aromatic heterocycles. The van der Waals surface area contributed by atoms with Crippen molar-refractivity contribution in [3.63, 3.8) is 0 Å². The van der Waals surface area contributed by atoms with Crippen LogP contribution in [0.4, 0.5) is 14.5 Å². The van der Waals surface area contributed by atoms with Crippen molar-refractivity contribution in [3.05, 3.63) is 65.2 Å². The number of hydrogen-bond donors (Lipinski definition) is 2. The zero-order valence-electron chi connectivity index (χ0n) is 14.6. The molecule has 1 saturated heterocycles. The zero-order chi connectivity index (χ0) is 20.3. The Hall–Kier alpha value is -3.01. The van der Waals surface area contributed by atoms with Gasteiger partial charge >= 0.3 is 0 Å². The van der Waals surface area contributed by atoms with Crippen LogP contribution < -0.4 is 4.72 Å². The van der Waals surface area contributed by atoms with Crippen LogP contribution in [0.25, 0.3) is 0 Å². The summed E-state index contributed by atoms with van der Waals surface area (Å²) >= 11 is 0. The Balaban J connectivity index is 1.62. The van der Waals surface area contributed by atoms with Crippen molar-refractivity contribution in [1.82, 2.24) is 9.80 Å². The molecule has 148 valence electrons. The number of amides is 2. The first-order valence-corrected chi connectivity index (χ1v) is 9.53. The van der Waals surface area contributed by atoms with Crippen molar-refractivity contribution in [2.45, 2.75) is 6.54 Å². The summed E-state index contributed by atoms with van der Waals surface area (Å²) in [6.07, 6.45) is 0. The summed E-state index contributed by atoms with van der Waals surface area (Å²) in [5, 5.41) is 0. The molecule has 1 fully saturated rings. The minimum Gasteiger partial charge on any atom is -0.335 e. The predicted octanol–water partition coefficient (Wildman–Crippen LogP) is 1.39. The maximum absolute atomic E-state index is 13.3. The van der Waals surface area contributed by atoms with Crippen LogP contribution in [0.2, 0.25) is 0 Å². The number of piperazine rings is 1. The van der Waals surface area contributed by atoms with Crippen LogP contribution in [-0.4, -0.2) is 49.7 Å². The summed E-state index contributed by atoms with van der Waals surface area (Å²) < 4.78 is 50.1. The van der Waals surface area contributed by atoms with Crippen molar-refractivity contribution in [2.75, 3.05) is 24.4 Å². The molecule has 10 heteroatoms. The largest absolute Gasteiger partial charge is 0.335 e. The molecule has 2 amide bonds. The Morgan fingerprint density at radius 1 is 1.04 bits per heavy atom. The third-order valence-corrected chi connectivity index (χ3v) is 4.69. The Bertz CT molecular complexity index is 951. The van der Waals surface area contributed by atoms with E-state index in [9.17, 15) is 26.8 Å². The first-order valence-electron chi connectivity index (χ1n) is 8.35. The van der Waals surface area contributed by atoms with E-state index in [1.54, 1.807) is 0 Å². The number of carbonyl (C=O) groups is 2. The molecule has 0 atom stereocenters. The van der Waals surface area contributed by atoms with E-state index in [0.717, 1.165) is 6.07 Å². The molecule has 7 nitrogen and oxygen atoms in total. The molecule has 0 spiro atoms. The maximum atomic E-state index is 13.3. The van der Waals surface area contributed by atoms with Crippen molar-refractivity contribution < 1.29 is 26.8 Å². The number of benzene rings is 2. The quantitative estimate of drug-likeness (QED) is 0.731. The second-order valence-electron chi connectivity index (χ2n) is 6.27. The van der Waals surface area contributed by atoms with E-state index in [1.165, 1.54) is 46.2 Å². The number of thiol groups is 1. The van der Waals surface area contributed by atoms with Crippen LogP contribution in [-0.2, 0) is 22.2 Å². The van der Waals surface area contributed by atoms with Gasteiger partial charge in [0.25, 0.3) is 5.91 Å². The van der Waals surface area contributed by atoms with Crippen LogP contribution in [0.5, 0.6) is 0 Å². The summed E-state index contributed by atoms with van der Waals surface area (Å²) in [5.74, 6) is -2.11. The van der Waals surface area contributed by atoms with Crippen LogP contribution in [0, 0.1) is 11.6 Å². The molecular formula is C18H17F2N3O4S. The molecule has 3 rings (SSSR count). The molecule has 28 heavy (non-hydrogen) atoms. The van der Waals surface area contributed by atoms with Gasteiger partial charge in [0, 0.05) is 37.0 Å². The molecule has 1 heterocycles. The standard InChI is InChI=1S/C18H17F2N3O4S/c19-14-7-12(8-15(20)9-14)10-22-5-6-23(11-17(22)24)18(25)13-1-3-16(4-2-13)21-28(26)27/h1-4,7-9,28H,5-6,10-11H2,(H,21,26,27). The molecule has 0 unspecified atom stereocenters. The number of carbonyl (C=O) groups excluding carboxylic acids is 2. The van der Waals surface area contributed by atoms with Gasteiger partial charge in [-0.2, -0.15) is 0 Å². The van der Waals surface area contributed by atoms with E-state index < -0.39 is 22.5 Å². The SMILES string of the molecule is O=C1CN(C(=O)c2ccc(N[SH](=O)=O)cc2)CCN1Cc1cc(F)cc(F)c1. The van der Waals surface area contributed by atoms with Crippen molar-refractivity contribution in [3.8, 4) is 0 Å². The summed E-state index contributed by atoms with van der Waals surface area (Å²) in [4.78, 5) is 27.7. The average molecular weight is 409 g/mol. The first-order chi connectivity index (χ1) is 13.3. The van der Waals surface area contributed by atoms with Gasteiger partial charge in [-0.15, -0.1) is 0 Å². The third kappa shape index (κ3) is 4.83. The summed E-state index contributed by atoms with van der Waals surface area (Å²) in [7, 11) is -2.79. The van der Waals surface area contributed by atoms with Gasteiger partial charge in [0.15, 0.2) is 0 Å². The van der Waals surface area contributed by atoms with E-state index in [0.29, 0.717) is 16.8 Å². The average Bonchev–Trinajstić information content (AvgIpc) is 2.62. The normalized spacial score (nSPS) is 14.5. The van der Waals surface area contributed by atoms with Gasteiger partial charge in [-0.25, -0.2) is 17.2 Å². The number of nitrogens with one attached hydrogen (secondary N) is 1. The monoisotopic (exact) mass is 409 g/mol. The highest BCUT2D eigenvalue weighted by molar-refractivity contribution is 7.73. The molecule has 0 aliphatic carbocycles. The van der Waals surface area contributed by atoms with E-state index in [-0.39, 0.29) is 38.0 Å². The van der Waals surface area contributed by atoms with Crippen LogP contribution in [0.1, 0.15) is 15.9 Å². The highest BCUT2D eigenvalue weighted by Gasteiger charge is 2.27. The van der Waals surface area contributed by atoms with Crippen LogP contribution in [0.15, 0.2) is 42.5 Å². The highest BCUT2D eigenvalue weighted by Crippen LogP contribution is 2.16. The zero-order valence-corrected chi connectivity index (χ0v) is 15.5.